The highest BCUT2D eigenvalue weighted by Gasteiger charge is 2.27. The molecule has 1 fully saturated rings. The molecule has 1 aliphatic heterocycles. The standard InChI is InChI=1S/C16H18FN5O2/c1-21-8-4-6-13(15(21)23)20-16(24)19-11-9-18-22(10-11)14-7-3-2-5-12(14)17/h2-3,5,7,9-10,13H,4,6,8H2,1H3,(H2,19,20,24). The summed E-state index contributed by atoms with van der Waals surface area (Å²) in [6.45, 7) is 0.702. The maximum absolute atomic E-state index is 13.7. The van der Waals surface area contributed by atoms with Gasteiger partial charge in [0.2, 0.25) is 5.91 Å². The molecule has 1 saturated heterocycles. The Morgan fingerprint density at radius 1 is 1.38 bits per heavy atom. The van der Waals surface area contributed by atoms with E-state index in [0.29, 0.717) is 18.7 Å². The molecule has 7 nitrogen and oxygen atoms in total. The van der Waals surface area contributed by atoms with Crippen LogP contribution in [0.2, 0.25) is 0 Å². The van der Waals surface area contributed by atoms with Crippen LogP contribution in [0.15, 0.2) is 36.7 Å². The zero-order valence-corrected chi connectivity index (χ0v) is 13.2. The number of rotatable bonds is 3. The second-order valence-corrected chi connectivity index (χ2v) is 5.68. The number of carbonyl (C=O) groups is 2. The molecule has 2 N–H and O–H groups in total. The van der Waals surface area contributed by atoms with E-state index >= 15 is 0 Å². The molecule has 0 bridgehead atoms. The van der Waals surface area contributed by atoms with Crippen LogP contribution in [0, 0.1) is 5.82 Å². The van der Waals surface area contributed by atoms with Crippen LogP contribution in [0.1, 0.15) is 12.8 Å². The lowest BCUT2D eigenvalue weighted by molar-refractivity contribution is -0.134. The number of halogens is 1. The third-order valence-corrected chi connectivity index (χ3v) is 3.91. The van der Waals surface area contributed by atoms with Gasteiger partial charge in [-0.2, -0.15) is 5.10 Å². The van der Waals surface area contributed by atoms with Crippen molar-refractivity contribution in [1.82, 2.24) is 20.0 Å². The summed E-state index contributed by atoms with van der Waals surface area (Å²) >= 11 is 0. The van der Waals surface area contributed by atoms with Gasteiger partial charge in [0.25, 0.3) is 0 Å². The first-order valence-electron chi connectivity index (χ1n) is 7.66. The van der Waals surface area contributed by atoms with Crippen LogP contribution in [0.4, 0.5) is 14.9 Å². The van der Waals surface area contributed by atoms with Crippen LogP contribution >= 0.6 is 0 Å². The van der Waals surface area contributed by atoms with E-state index in [1.807, 2.05) is 0 Å². The SMILES string of the molecule is CN1CCCC(NC(=O)Nc2cnn(-c3ccccc3F)c2)C1=O. The predicted molar refractivity (Wildman–Crippen MR) is 86.3 cm³/mol. The van der Waals surface area contributed by atoms with Gasteiger partial charge in [0.1, 0.15) is 17.5 Å². The molecule has 0 spiro atoms. The Morgan fingerprint density at radius 2 is 2.17 bits per heavy atom. The molecule has 1 aliphatic rings. The van der Waals surface area contributed by atoms with E-state index in [1.54, 1.807) is 30.1 Å². The van der Waals surface area contributed by atoms with Crippen molar-refractivity contribution in [3.63, 3.8) is 0 Å². The highest BCUT2D eigenvalue weighted by Crippen LogP contribution is 2.15. The van der Waals surface area contributed by atoms with Gasteiger partial charge in [-0.25, -0.2) is 13.9 Å². The maximum Gasteiger partial charge on any atom is 0.319 e. The lowest BCUT2D eigenvalue weighted by Crippen LogP contribution is -2.51. The summed E-state index contributed by atoms with van der Waals surface area (Å²) in [5, 5.41) is 9.30. The smallest absolute Gasteiger partial charge is 0.319 e. The lowest BCUT2D eigenvalue weighted by atomic mass is 10.1. The number of nitrogens with one attached hydrogen (secondary N) is 2. The van der Waals surface area contributed by atoms with E-state index in [1.165, 1.54) is 23.1 Å². The van der Waals surface area contributed by atoms with Crippen LogP contribution < -0.4 is 10.6 Å². The van der Waals surface area contributed by atoms with Crippen molar-refractivity contribution >= 4 is 17.6 Å². The van der Waals surface area contributed by atoms with E-state index in [-0.39, 0.29) is 11.6 Å². The van der Waals surface area contributed by atoms with Gasteiger partial charge < -0.3 is 15.5 Å². The van der Waals surface area contributed by atoms with Gasteiger partial charge >= 0.3 is 6.03 Å². The molecule has 0 radical (unpaired) electrons. The number of hydrogen-bond donors (Lipinski definition) is 2. The van der Waals surface area contributed by atoms with E-state index < -0.39 is 17.9 Å². The molecule has 3 amide bonds. The first kappa shape index (κ1) is 16.0. The molecule has 3 rings (SSSR count). The minimum Gasteiger partial charge on any atom is -0.344 e. The van der Waals surface area contributed by atoms with Crippen LogP contribution in [0.3, 0.4) is 0 Å². The van der Waals surface area contributed by atoms with Crippen molar-refractivity contribution in [2.24, 2.45) is 0 Å². The van der Waals surface area contributed by atoms with Crippen molar-refractivity contribution < 1.29 is 14.0 Å². The maximum atomic E-state index is 13.7. The third-order valence-electron chi connectivity index (χ3n) is 3.91. The highest BCUT2D eigenvalue weighted by atomic mass is 19.1. The number of carbonyl (C=O) groups excluding carboxylic acids is 2. The zero-order valence-electron chi connectivity index (χ0n) is 13.2. The summed E-state index contributed by atoms with van der Waals surface area (Å²) < 4.78 is 15.1. The number of likely N-dealkylation sites (tertiary alicyclic amines) is 1. The van der Waals surface area contributed by atoms with Gasteiger partial charge in [-0.3, -0.25) is 4.79 Å². The van der Waals surface area contributed by atoms with E-state index in [2.05, 4.69) is 15.7 Å². The molecule has 24 heavy (non-hydrogen) atoms. The minimum atomic E-state index is -0.523. The number of para-hydroxylation sites is 1. The highest BCUT2D eigenvalue weighted by molar-refractivity contribution is 5.93. The third kappa shape index (κ3) is 3.37. The zero-order chi connectivity index (χ0) is 17.1. The Labute approximate surface area is 138 Å². The summed E-state index contributed by atoms with van der Waals surface area (Å²) in [7, 11) is 1.71. The summed E-state index contributed by atoms with van der Waals surface area (Å²) in [4.78, 5) is 25.6. The number of urea groups is 1. The van der Waals surface area contributed by atoms with Crippen molar-refractivity contribution in [1.29, 1.82) is 0 Å². The van der Waals surface area contributed by atoms with Gasteiger partial charge in [0.15, 0.2) is 0 Å². The number of benzene rings is 1. The number of nitrogens with zero attached hydrogens (tertiary/aromatic N) is 3. The summed E-state index contributed by atoms with van der Waals surface area (Å²) in [6, 6.07) is 5.20. The molecular weight excluding hydrogens is 313 g/mol. The fourth-order valence-electron chi connectivity index (χ4n) is 2.65. The summed E-state index contributed by atoms with van der Waals surface area (Å²) in [5.41, 5.74) is 0.697. The fourth-order valence-corrected chi connectivity index (χ4v) is 2.65. The number of amides is 3. The average molecular weight is 331 g/mol. The van der Waals surface area contributed by atoms with Gasteiger partial charge in [-0.1, -0.05) is 12.1 Å². The van der Waals surface area contributed by atoms with Crippen molar-refractivity contribution in [2.75, 3.05) is 18.9 Å². The summed E-state index contributed by atoms with van der Waals surface area (Å²) in [5.74, 6) is -0.508. The summed E-state index contributed by atoms with van der Waals surface area (Å²) in [6.07, 6.45) is 4.39. The fraction of sp³-hybridized carbons (Fsp3) is 0.312. The Morgan fingerprint density at radius 3 is 2.96 bits per heavy atom. The van der Waals surface area contributed by atoms with Gasteiger partial charge in [0, 0.05) is 13.6 Å². The molecule has 1 aromatic carbocycles. The number of aromatic nitrogens is 2. The Balaban J connectivity index is 1.63. The van der Waals surface area contributed by atoms with Gasteiger partial charge in [-0.15, -0.1) is 0 Å². The molecule has 8 heteroatoms. The number of anilines is 1. The van der Waals surface area contributed by atoms with E-state index in [0.717, 1.165) is 6.42 Å². The van der Waals surface area contributed by atoms with Gasteiger partial charge in [0.05, 0.1) is 18.1 Å². The molecule has 1 atom stereocenters. The van der Waals surface area contributed by atoms with E-state index in [9.17, 15) is 14.0 Å². The number of hydrogen-bond acceptors (Lipinski definition) is 3. The van der Waals surface area contributed by atoms with Crippen molar-refractivity contribution in [3.05, 3.63) is 42.5 Å². The molecule has 0 aliphatic carbocycles. The van der Waals surface area contributed by atoms with Gasteiger partial charge in [-0.05, 0) is 25.0 Å². The van der Waals surface area contributed by atoms with Crippen molar-refractivity contribution in [3.8, 4) is 5.69 Å². The predicted octanol–water partition coefficient (Wildman–Crippen LogP) is 1.75. The molecule has 2 heterocycles. The van der Waals surface area contributed by atoms with E-state index in [4.69, 9.17) is 0 Å². The van der Waals surface area contributed by atoms with Crippen LogP contribution in [-0.4, -0.2) is 46.3 Å². The molecule has 2 aromatic rings. The molecule has 1 aromatic heterocycles. The van der Waals surface area contributed by atoms with Crippen LogP contribution in [-0.2, 0) is 4.79 Å². The topological polar surface area (TPSA) is 79.3 Å². The Hall–Kier alpha value is -2.90. The molecule has 0 saturated carbocycles. The Bertz CT molecular complexity index is 760. The first-order valence-corrected chi connectivity index (χ1v) is 7.66. The van der Waals surface area contributed by atoms with Crippen molar-refractivity contribution in [2.45, 2.75) is 18.9 Å². The molecule has 1 unspecified atom stereocenters. The monoisotopic (exact) mass is 331 g/mol. The number of piperidine rings is 1. The molecule has 126 valence electrons. The normalized spacial score (nSPS) is 17.7. The second kappa shape index (κ2) is 6.69. The van der Waals surface area contributed by atoms with Crippen LogP contribution in [0.25, 0.3) is 5.69 Å². The minimum absolute atomic E-state index is 0.0987. The molecular formula is C16H18FN5O2. The largest absolute Gasteiger partial charge is 0.344 e. The quantitative estimate of drug-likeness (QED) is 0.899. The number of likely N-dealkylation sites (N-methyl/N-ethyl adjacent to an activating group) is 1. The van der Waals surface area contributed by atoms with Crippen LogP contribution in [0.5, 0.6) is 0 Å². The second-order valence-electron chi connectivity index (χ2n) is 5.68. The first-order chi connectivity index (χ1) is 11.5. The Kier molecular flexibility index (Phi) is 4.45. The lowest BCUT2D eigenvalue weighted by Gasteiger charge is -2.29. The average Bonchev–Trinajstić information content (AvgIpc) is 3.00.